The molecular formula is C12H13ClFN3. The van der Waals surface area contributed by atoms with Crippen LogP contribution in [0.2, 0.25) is 5.02 Å². The minimum absolute atomic E-state index is 0.0654. The number of halogens is 2. The molecule has 0 aromatic heterocycles. The van der Waals surface area contributed by atoms with Gasteiger partial charge in [0, 0.05) is 11.1 Å². The average molecular weight is 254 g/mol. The first-order chi connectivity index (χ1) is 8.16. The minimum atomic E-state index is -0.316. The van der Waals surface area contributed by atoms with Crippen molar-refractivity contribution in [2.45, 2.75) is 24.9 Å². The first kappa shape index (κ1) is 10.8. The zero-order chi connectivity index (χ0) is 12.0. The second-order valence-corrected chi connectivity index (χ2v) is 4.93. The van der Waals surface area contributed by atoms with Crippen molar-refractivity contribution in [2.24, 2.45) is 10.7 Å². The molecule has 1 saturated carbocycles. The van der Waals surface area contributed by atoms with E-state index in [0.717, 1.165) is 18.4 Å². The van der Waals surface area contributed by atoms with Crippen LogP contribution in [0.25, 0.3) is 0 Å². The van der Waals surface area contributed by atoms with E-state index >= 15 is 0 Å². The summed E-state index contributed by atoms with van der Waals surface area (Å²) in [5.74, 6) is 0.265. The molecule has 2 N–H and O–H groups in total. The van der Waals surface area contributed by atoms with Crippen LogP contribution in [0, 0.1) is 5.82 Å². The molecule has 5 heteroatoms. The van der Waals surface area contributed by atoms with Crippen molar-refractivity contribution in [1.82, 2.24) is 4.90 Å². The Labute approximate surface area is 104 Å². The Balaban J connectivity index is 1.93. The third-order valence-corrected chi connectivity index (χ3v) is 3.62. The van der Waals surface area contributed by atoms with E-state index in [9.17, 15) is 4.39 Å². The number of rotatable bonds is 2. The van der Waals surface area contributed by atoms with Crippen molar-refractivity contribution in [3.05, 3.63) is 34.6 Å². The quantitative estimate of drug-likeness (QED) is 0.879. The lowest BCUT2D eigenvalue weighted by Gasteiger charge is -2.27. The molecule has 1 aromatic rings. The highest BCUT2D eigenvalue weighted by molar-refractivity contribution is 6.31. The largest absolute Gasteiger partial charge is 0.370 e. The Kier molecular flexibility index (Phi) is 2.47. The highest BCUT2D eigenvalue weighted by Crippen LogP contribution is 2.39. The molecule has 0 spiro atoms. The first-order valence-electron chi connectivity index (χ1n) is 5.70. The molecule has 1 atom stereocenters. The molecule has 1 aliphatic carbocycles. The summed E-state index contributed by atoms with van der Waals surface area (Å²) in [6.07, 6.45) is 2.29. The number of hydrogen-bond acceptors (Lipinski definition) is 3. The van der Waals surface area contributed by atoms with E-state index in [2.05, 4.69) is 9.89 Å². The average Bonchev–Trinajstić information content (AvgIpc) is 3.03. The van der Waals surface area contributed by atoms with Crippen LogP contribution in [0.4, 0.5) is 4.39 Å². The fourth-order valence-corrected chi connectivity index (χ4v) is 2.62. The molecule has 2 aliphatic rings. The van der Waals surface area contributed by atoms with Gasteiger partial charge in [-0.3, -0.25) is 4.99 Å². The third-order valence-electron chi connectivity index (χ3n) is 3.29. The highest BCUT2D eigenvalue weighted by Gasteiger charge is 2.39. The van der Waals surface area contributed by atoms with Gasteiger partial charge in [0.05, 0.1) is 12.6 Å². The second-order valence-electron chi connectivity index (χ2n) is 4.52. The zero-order valence-corrected chi connectivity index (χ0v) is 9.99. The highest BCUT2D eigenvalue weighted by atomic mass is 35.5. The minimum Gasteiger partial charge on any atom is -0.370 e. The van der Waals surface area contributed by atoms with E-state index in [-0.39, 0.29) is 11.9 Å². The maximum absolute atomic E-state index is 13.0. The van der Waals surface area contributed by atoms with Gasteiger partial charge >= 0.3 is 0 Å². The van der Waals surface area contributed by atoms with Crippen molar-refractivity contribution in [3.8, 4) is 0 Å². The van der Waals surface area contributed by atoms with Gasteiger partial charge in [-0.2, -0.15) is 0 Å². The molecule has 1 heterocycles. The van der Waals surface area contributed by atoms with Crippen molar-refractivity contribution in [3.63, 3.8) is 0 Å². The SMILES string of the molecule is NC1=NCC(c2ccc(F)cc2Cl)N1C1CC1. The summed E-state index contributed by atoms with van der Waals surface area (Å²) in [7, 11) is 0. The number of benzene rings is 1. The van der Waals surface area contributed by atoms with Gasteiger partial charge in [-0.1, -0.05) is 17.7 Å². The molecule has 1 aromatic carbocycles. The van der Waals surface area contributed by atoms with Crippen molar-refractivity contribution < 1.29 is 4.39 Å². The third kappa shape index (κ3) is 1.86. The summed E-state index contributed by atoms with van der Waals surface area (Å²) < 4.78 is 13.0. The molecule has 1 unspecified atom stereocenters. The van der Waals surface area contributed by atoms with Crippen molar-refractivity contribution in [1.29, 1.82) is 0 Å². The second kappa shape index (κ2) is 3.88. The van der Waals surface area contributed by atoms with Crippen LogP contribution in [0.15, 0.2) is 23.2 Å². The Morgan fingerprint density at radius 1 is 1.41 bits per heavy atom. The van der Waals surface area contributed by atoms with E-state index in [4.69, 9.17) is 17.3 Å². The fraction of sp³-hybridized carbons (Fsp3) is 0.417. The lowest BCUT2D eigenvalue weighted by Crippen LogP contribution is -2.37. The normalized spacial score (nSPS) is 24.0. The number of aliphatic imine (C=N–C) groups is 1. The lowest BCUT2D eigenvalue weighted by molar-refractivity contribution is 0.338. The Bertz CT molecular complexity index is 485. The van der Waals surface area contributed by atoms with Crippen LogP contribution < -0.4 is 5.73 Å². The van der Waals surface area contributed by atoms with Gasteiger partial charge in [0.2, 0.25) is 0 Å². The van der Waals surface area contributed by atoms with Gasteiger partial charge in [-0.05, 0) is 30.5 Å². The van der Waals surface area contributed by atoms with Gasteiger partial charge in [0.1, 0.15) is 5.82 Å². The Morgan fingerprint density at radius 3 is 2.82 bits per heavy atom. The predicted molar refractivity (Wildman–Crippen MR) is 65.5 cm³/mol. The zero-order valence-electron chi connectivity index (χ0n) is 9.24. The summed E-state index contributed by atoms with van der Waals surface area (Å²) in [4.78, 5) is 6.38. The van der Waals surface area contributed by atoms with Crippen LogP contribution in [0.3, 0.4) is 0 Å². The van der Waals surface area contributed by atoms with Gasteiger partial charge in [-0.15, -0.1) is 0 Å². The monoisotopic (exact) mass is 253 g/mol. The van der Waals surface area contributed by atoms with E-state index in [1.54, 1.807) is 6.07 Å². The van der Waals surface area contributed by atoms with Crippen LogP contribution in [0.1, 0.15) is 24.4 Å². The van der Waals surface area contributed by atoms with Gasteiger partial charge in [0.25, 0.3) is 0 Å². The molecular weight excluding hydrogens is 241 g/mol. The number of nitrogens with zero attached hydrogens (tertiary/aromatic N) is 2. The Hall–Kier alpha value is -1.29. The number of guanidine groups is 1. The molecule has 0 bridgehead atoms. The van der Waals surface area contributed by atoms with E-state index < -0.39 is 0 Å². The molecule has 1 fully saturated rings. The van der Waals surface area contributed by atoms with Crippen molar-refractivity contribution in [2.75, 3.05) is 6.54 Å². The molecule has 3 rings (SSSR count). The van der Waals surface area contributed by atoms with Crippen LogP contribution >= 0.6 is 11.6 Å². The predicted octanol–water partition coefficient (Wildman–Crippen LogP) is 2.31. The summed E-state index contributed by atoms with van der Waals surface area (Å²) in [6.45, 7) is 0.605. The lowest BCUT2D eigenvalue weighted by atomic mass is 10.1. The maximum atomic E-state index is 13.0. The molecule has 0 amide bonds. The van der Waals surface area contributed by atoms with E-state index in [1.807, 2.05) is 0 Å². The van der Waals surface area contributed by atoms with E-state index in [0.29, 0.717) is 23.6 Å². The topological polar surface area (TPSA) is 41.6 Å². The van der Waals surface area contributed by atoms with Gasteiger partial charge in [0.15, 0.2) is 5.96 Å². The smallest absolute Gasteiger partial charge is 0.192 e. The fourth-order valence-electron chi connectivity index (χ4n) is 2.32. The van der Waals surface area contributed by atoms with Gasteiger partial charge in [-0.25, -0.2) is 4.39 Å². The number of nitrogens with two attached hydrogens (primary N) is 1. The van der Waals surface area contributed by atoms with Crippen molar-refractivity contribution >= 4 is 17.6 Å². The molecule has 3 nitrogen and oxygen atoms in total. The standard InChI is InChI=1S/C12H13ClFN3/c13-10-5-7(14)1-4-9(10)11-6-16-12(15)17(11)8-2-3-8/h1,4-5,8,11H,2-3,6H2,(H2,15,16). The van der Waals surface area contributed by atoms with E-state index in [1.165, 1.54) is 12.1 Å². The molecule has 0 radical (unpaired) electrons. The number of hydrogen-bond donors (Lipinski definition) is 1. The van der Waals surface area contributed by atoms with Crippen LogP contribution in [-0.4, -0.2) is 23.4 Å². The van der Waals surface area contributed by atoms with Gasteiger partial charge < -0.3 is 10.6 Å². The molecule has 0 saturated heterocycles. The summed E-state index contributed by atoms with van der Waals surface area (Å²) >= 11 is 6.09. The molecule has 17 heavy (non-hydrogen) atoms. The molecule has 90 valence electrons. The van der Waals surface area contributed by atoms with Crippen LogP contribution in [0.5, 0.6) is 0 Å². The summed E-state index contributed by atoms with van der Waals surface area (Å²) in [5, 5.41) is 0.450. The maximum Gasteiger partial charge on any atom is 0.192 e. The molecule has 1 aliphatic heterocycles. The first-order valence-corrected chi connectivity index (χ1v) is 6.08. The summed E-state index contributed by atoms with van der Waals surface area (Å²) in [5.41, 5.74) is 6.79. The summed E-state index contributed by atoms with van der Waals surface area (Å²) in [6, 6.07) is 5.05. The Morgan fingerprint density at radius 2 is 2.18 bits per heavy atom. The van der Waals surface area contributed by atoms with Crippen LogP contribution in [-0.2, 0) is 0 Å².